The summed E-state index contributed by atoms with van der Waals surface area (Å²) >= 11 is 0. The number of imide groups is 2. The van der Waals surface area contributed by atoms with Gasteiger partial charge in [0.15, 0.2) is 0 Å². The minimum atomic E-state index is -0.991. The Bertz CT molecular complexity index is 1470. The molecule has 1 saturated heterocycles. The molecule has 0 aliphatic carbocycles. The maximum atomic E-state index is 14.2. The molecular formula is C40H52N4O10. The topological polar surface area (TPSA) is 152 Å². The first-order chi connectivity index (χ1) is 26.1. The second-order valence-electron chi connectivity index (χ2n) is 13.8. The molecule has 3 heterocycles. The number of hydrogen-bond acceptors (Lipinski definition) is 10. The van der Waals surface area contributed by atoms with E-state index in [0.717, 1.165) is 9.80 Å². The minimum Gasteiger partial charge on any atom is -0.377 e. The summed E-state index contributed by atoms with van der Waals surface area (Å²) in [5.74, 6) is -3.20. The minimum absolute atomic E-state index is 0.176. The molecule has 2 aromatic rings. The largest absolute Gasteiger partial charge is 0.377 e. The third-order valence-electron chi connectivity index (χ3n) is 10.5. The van der Waals surface area contributed by atoms with E-state index in [4.69, 9.17) is 18.9 Å². The maximum Gasteiger partial charge on any atom is 0.262 e. The van der Waals surface area contributed by atoms with Crippen LogP contribution in [-0.2, 0) is 28.5 Å². The first-order valence-electron chi connectivity index (χ1n) is 18.9. The van der Waals surface area contributed by atoms with E-state index in [9.17, 15) is 28.8 Å². The highest BCUT2D eigenvalue weighted by molar-refractivity contribution is 6.23. The molecule has 2 aromatic carbocycles. The molecular weight excluding hydrogens is 696 g/mol. The zero-order valence-corrected chi connectivity index (χ0v) is 31.7. The highest BCUT2D eigenvalue weighted by Gasteiger charge is 2.47. The third kappa shape index (κ3) is 8.89. The molecule has 0 spiro atoms. The van der Waals surface area contributed by atoms with E-state index in [1.54, 1.807) is 58.3 Å². The summed E-state index contributed by atoms with van der Waals surface area (Å²) < 4.78 is 23.3. The number of ether oxygens (including phenoxy) is 4. The lowest BCUT2D eigenvalue weighted by Gasteiger charge is -2.35. The SMILES string of the molecule is CC[C@H](C)[C@@H](C(=O)N1CCOCCOCCN(C(=O)[C@@H]([C@@H](C)CC)N2C(=O)c3ccccc3C2=O)CCOCCOCC1)N1C(=O)c2ccccc2C1=O. The number of hydrogen-bond donors (Lipinski definition) is 0. The van der Waals surface area contributed by atoms with E-state index < -0.39 is 35.7 Å². The van der Waals surface area contributed by atoms with Gasteiger partial charge in [-0.2, -0.15) is 0 Å². The van der Waals surface area contributed by atoms with Crippen molar-refractivity contribution in [2.75, 3.05) is 79.0 Å². The first kappa shape index (κ1) is 40.7. The molecule has 0 unspecified atom stereocenters. The second-order valence-corrected chi connectivity index (χ2v) is 13.8. The van der Waals surface area contributed by atoms with Crippen molar-refractivity contribution in [3.8, 4) is 0 Å². The summed E-state index contributed by atoms with van der Waals surface area (Å²) in [6.45, 7) is 9.93. The molecule has 5 rings (SSSR count). The fourth-order valence-electron chi connectivity index (χ4n) is 6.97. The number of carbonyl (C=O) groups excluding carboxylic acids is 6. The Kier molecular flexibility index (Phi) is 14.5. The maximum absolute atomic E-state index is 14.2. The zero-order valence-electron chi connectivity index (χ0n) is 31.7. The zero-order chi connectivity index (χ0) is 38.8. The Labute approximate surface area is 316 Å². The van der Waals surface area contributed by atoms with Crippen LogP contribution in [0.4, 0.5) is 0 Å². The van der Waals surface area contributed by atoms with Crippen molar-refractivity contribution in [3.05, 3.63) is 70.8 Å². The van der Waals surface area contributed by atoms with Crippen molar-refractivity contribution >= 4 is 35.4 Å². The van der Waals surface area contributed by atoms with Crippen LogP contribution in [0.5, 0.6) is 0 Å². The highest BCUT2D eigenvalue weighted by atomic mass is 16.5. The number of amides is 6. The van der Waals surface area contributed by atoms with Crippen molar-refractivity contribution in [2.24, 2.45) is 11.8 Å². The van der Waals surface area contributed by atoms with E-state index in [1.165, 1.54) is 0 Å². The van der Waals surface area contributed by atoms with Gasteiger partial charge in [0.1, 0.15) is 12.1 Å². The van der Waals surface area contributed by atoms with Gasteiger partial charge in [-0.05, 0) is 36.1 Å². The molecule has 0 aromatic heterocycles. The smallest absolute Gasteiger partial charge is 0.262 e. The van der Waals surface area contributed by atoms with E-state index >= 15 is 0 Å². The van der Waals surface area contributed by atoms with Crippen LogP contribution in [-0.4, -0.2) is 146 Å². The molecule has 54 heavy (non-hydrogen) atoms. The summed E-state index contributed by atoms with van der Waals surface area (Å²) in [5, 5.41) is 0. The fraction of sp³-hybridized carbons (Fsp3) is 0.550. The number of rotatable bonds is 8. The molecule has 0 saturated carbocycles. The standard InChI is InChI=1S/C40H52N4O10/c1-5-27(3)33(43-35(45)29-11-7-8-12-30(29)36(43)46)39(49)41-15-19-51-23-25-53-21-17-42(18-22-54-26-24-52-20-16-41)40(50)34(28(4)6-2)44-37(47)31-13-9-10-14-32(31)38(44)48/h7-14,27-28,33-34H,5-6,15-26H2,1-4H3/t27-,28-,33-,34+/m0/s1. The average molecular weight is 749 g/mol. The van der Waals surface area contributed by atoms with Gasteiger partial charge in [-0.3, -0.25) is 38.6 Å². The van der Waals surface area contributed by atoms with Crippen LogP contribution in [0.3, 0.4) is 0 Å². The van der Waals surface area contributed by atoms with Crippen molar-refractivity contribution < 1.29 is 47.7 Å². The number of nitrogens with zero attached hydrogens (tertiary/aromatic N) is 4. The van der Waals surface area contributed by atoms with Gasteiger partial charge < -0.3 is 28.7 Å². The summed E-state index contributed by atoms with van der Waals surface area (Å²) in [6, 6.07) is 11.2. The van der Waals surface area contributed by atoms with Crippen LogP contribution in [0.2, 0.25) is 0 Å². The van der Waals surface area contributed by atoms with Gasteiger partial charge in [0.25, 0.3) is 23.6 Å². The molecule has 14 nitrogen and oxygen atoms in total. The van der Waals surface area contributed by atoms with Gasteiger partial charge in [-0.1, -0.05) is 64.8 Å². The van der Waals surface area contributed by atoms with Crippen LogP contribution >= 0.6 is 0 Å². The fourth-order valence-corrected chi connectivity index (χ4v) is 6.97. The van der Waals surface area contributed by atoms with Crippen molar-refractivity contribution in [1.29, 1.82) is 0 Å². The monoisotopic (exact) mass is 748 g/mol. The molecule has 0 N–H and O–H groups in total. The number of benzene rings is 2. The van der Waals surface area contributed by atoms with Crippen LogP contribution in [0.1, 0.15) is 82.0 Å². The van der Waals surface area contributed by atoms with E-state index in [-0.39, 0.29) is 103 Å². The third-order valence-corrected chi connectivity index (χ3v) is 10.5. The van der Waals surface area contributed by atoms with Gasteiger partial charge in [-0.25, -0.2) is 0 Å². The normalized spacial score (nSPS) is 20.5. The van der Waals surface area contributed by atoms with Gasteiger partial charge in [-0.15, -0.1) is 0 Å². The van der Waals surface area contributed by atoms with Crippen LogP contribution in [0.15, 0.2) is 48.5 Å². The van der Waals surface area contributed by atoms with Crippen LogP contribution in [0.25, 0.3) is 0 Å². The second kappa shape index (κ2) is 19.2. The number of carbonyl (C=O) groups is 6. The van der Waals surface area contributed by atoms with Crippen molar-refractivity contribution in [2.45, 2.75) is 52.6 Å². The Morgan fingerprint density at radius 2 is 0.759 bits per heavy atom. The van der Waals surface area contributed by atoms with Crippen molar-refractivity contribution in [1.82, 2.24) is 19.6 Å². The molecule has 14 heteroatoms. The van der Waals surface area contributed by atoms with Crippen molar-refractivity contribution in [3.63, 3.8) is 0 Å². The lowest BCUT2D eigenvalue weighted by atomic mass is 9.96. The molecule has 3 aliphatic rings. The van der Waals surface area contributed by atoms with Gasteiger partial charge >= 0.3 is 0 Å². The molecule has 1 fully saturated rings. The Morgan fingerprint density at radius 1 is 0.500 bits per heavy atom. The van der Waals surface area contributed by atoms with Gasteiger partial charge in [0.05, 0.1) is 75.1 Å². The number of fused-ring (bicyclic) bond motifs is 2. The summed E-state index contributed by atoms with van der Waals surface area (Å²) in [5.41, 5.74) is 1.17. The van der Waals surface area contributed by atoms with Gasteiger partial charge in [0, 0.05) is 26.2 Å². The average Bonchev–Trinajstić information content (AvgIpc) is 3.58. The molecule has 292 valence electrons. The molecule has 6 amide bonds. The van der Waals surface area contributed by atoms with E-state index in [2.05, 4.69) is 0 Å². The van der Waals surface area contributed by atoms with Crippen LogP contribution in [0, 0.1) is 11.8 Å². The van der Waals surface area contributed by atoms with E-state index in [0.29, 0.717) is 35.1 Å². The summed E-state index contributed by atoms with van der Waals surface area (Å²) in [7, 11) is 0. The summed E-state index contributed by atoms with van der Waals surface area (Å²) in [4.78, 5) is 87.4. The molecule has 0 bridgehead atoms. The Morgan fingerprint density at radius 3 is 1.00 bits per heavy atom. The highest BCUT2D eigenvalue weighted by Crippen LogP contribution is 2.31. The van der Waals surface area contributed by atoms with Gasteiger partial charge in [0.2, 0.25) is 11.8 Å². The molecule has 0 radical (unpaired) electrons. The predicted molar refractivity (Wildman–Crippen MR) is 197 cm³/mol. The van der Waals surface area contributed by atoms with E-state index in [1.807, 2.05) is 27.7 Å². The lowest BCUT2D eigenvalue weighted by molar-refractivity contribution is -0.140. The quantitative estimate of drug-likeness (QED) is 0.369. The summed E-state index contributed by atoms with van der Waals surface area (Å²) in [6.07, 6.45) is 1.15. The lowest BCUT2D eigenvalue weighted by Crippen LogP contribution is -2.55. The Balaban J connectivity index is 1.21. The first-order valence-corrected chi connectivity index (χ1v) is 18.9. The molecule has 3 aliphatic heterocycles. The van der Waals surface area contributed by atoms with Crippen LogP contribution < -0.4 is 0 Å². The molecule has 4 atom stereocenters. The Hall–Kier alpha value is -4.50. The predicted octanol–water partition coefficient (Wildman–Crippen LogP) is 3.15.